The number of aryl methyl sites for hydroxylation is 1. The smallest absolute Gasteiger partial charge is 0.297 e. The second-order valence-corrected chi connectivity index (χ2v) is 4.09. The molecular formula is C11H19N3O. The summed E-state index contributed by atoms with van der Waals surface area (Å²) in [7, 11) is 0. The highest BCUT2D eigenvalue weighted by molar-refractivity contribution is 5.30. The second kappa shape index (κ2) is 4.66. The van der Waals surface area contributed by atoms with Gasteiger partial charge in [-0.2, -0.15) is 4.98 Å². The zero-order valence-corrected chi connectivity index (χ0v) is 9.33. The molecule has 0 bridgehead atoms. The molecule has 1 aliphatic heterocycles. The topological polar surface area (TPSA) is 55.3 Å². The summed E-state index contributed by atoms with van der Waals surface area (Å²) < 4.78 is 5.73. The molecule has 0 aliphatic carbocycles. The van der Waals surface area contributed by atoms with E-state index in [0.717, 1.165) is 37.0 Å². The van der Waals surface area contributed by atoms with E-state index in [1.807, 2.05) is 6.92 Å². The molecule has 1 fully saturated rings. The summed E-state index contributed by atoms with van der Waals surface area (Å²) in [5.74, 6) is 0.943. The van der Waals surface area contributed by atoms with E-state index >= 15 is 0 Å². The predicted octanol–water partition coefficient (Wildman–Crippen LogP) is 1.47. The van der Waals surface area contributed by atoms with Crippen molar-refractivity contribution in [1.82, 2.24) is 4.98 Å². The molecule has 2 heterocycles. The lowest BCUT2D eigenvalue weighted by Crippen LogP contribution is -2.29. The number of aromatic nitrogens is 1. The third kappa shape index (κ3) is 2.31. The zero-order chi connectivity index (χ0) is 10.7. The van der Waals surface area contributed by atoms with Gasteiger partial charge in [0.05, 0.1) is 5.69 Å². The van der Waals surface area contributed by atoms with Crippen molar-refractivity contribution in [3.05, 3.63) is 11.5 Å². The summed E-state index contributed by atoms with van der Waals surface area (Å²) in [5.41, 5.74) is 6.50. The third-order valence-electron chi connectivity index (χ3n) is 2.88. The van der Waals surface area contributed by atoms with Crippen LogP contribution in [0, 0.1) is 6.92 Å². The zero-order valence-electron chi connectivity index (χ0n) is 9.33. The monoisotopic (exact) mass is 209 g/mol. The number of nitrogens with two attached hydrogens (primary N) is 1. The molecular weight excluding hydrogens is 190 g/mol. The molecule has 2 N–H and O–H groups in total. The van der Waals surface area contributed by atoms with Crippen LogP contribution in [0.15, 0.2) is 4.42 Å². The normalized spacial score (nSPS) is 17.1. The van der Waals surface area contributed by atoms with Crippen molar-refractivity contribution in [3.8, 4) is 0 Å². The van der Waals surface area contributed by atoms with Gasteiger partial charge < -0.3 is 15.1 Å². The number of anilines is 1. The van der Waals surface area contributed by atoms with E-state index in [0.29, 0.717) is 6.54 Å². The van der Waals surface area contributed by atoms with Gasteiger partial charge in [0, 0.05) is 19.5 Å². The Bertz CT molecular complexity index is 316. The van der Waals surface area contributed by atoms with Crippen molar-refractivity contribution >= 4 is 6.01 Å². The Labute approximate surface area is 90.5 Å². The molecule has 0 saturated carbocycles. The molecule has 0 aromatic carbocycles. The Kier molecular flexibility index (Phi) is 3.26. The first-order chi connectivity index (χ1) is 7.31. The molecule has 0 spiro atoms. The molecule has 15 heavy (non-hydrogen) atoms. The highest BCUT2D eigenvalue weighted by atomic mass is 16.4. The fraction of sp³-hybridized carbons (Fsp3) is 0.727. The van der Waals surface area contributed by atoms with E-state index in [9.17, 15) is 0 Å². The van der Waals surface area contributed by atoms with E-state index < -0.39 is 0 Å². The molecule has 84 valence electrons. The molecule has 4 nitrogen and oxygen atoms in total. The third-order valence-corrected chi connectivity index (χ3v) is 2.88. The van der Waals surface area contributed by atoms with E-state index in [2.05, 4.69) is 9.88 Å². The number of nitrogens with zero attached hydrogens (tertiary/aromatic N) is 2. The molecule has 0 amide bonds. The van der Waals surface area contributed by atoms with Gasteiger partial charge in [0.15, 0.2) is 0 Å². The highest BCUT2D eigenvalue weighted by Gasteiger charge is 2.17. The number of hydrogen-bond donors (Lipinski definition) is 1. The molecule has 1 aliphatic rings. The van der Waals surface area contributed by atoms with Crippen molar-refractivity contribution in [1.29, 1.82) is 0 Å². The number of oxazole rings is 1. The fourth-order valence-corrected chi connectivity index (χ4v) is 2.00. The van der Waals surface area contributed by atoms with Gasteiger partial charge in [0.1, 0.15) is 5.76 Å². The molecule has 4 heteroatoms. The highest BCUT2D eigenvalue weighted by Crippen LogP contribution is 2.22. The summed E-state index contributed by atoms with van der Waals surface area (Å²) in [6, 6.07) is 0.788. The van der Waals surface area contributed by atoms with E-state index in [-0.39, 0.29) is 0 Å². The van der Waals surface area contributed by atoms with Crippen LogP contribution in [-0.4, -0.2) is 24.6 Å². The average molecular weight is 209 g/mol. The van der Waals surface area contributed by atoms with Crippen LogP contribution in [0.1, 0.15) is 30.7 Å². The average Bonchev–Trinajstić information content (AvgIpc) is 2.63. The van der Waals surface area contributed by atoms with Crippen LogP contribution in [0.2, 0.25) is 0 Å². The Morgan fingerprint density at radius 3 is 2.73 bits per heavy atom. The molecule has 0 radical (unpaired) electrons. The van der Waals surface area contributed by atoms with Gasteiger partial charge in [-0.15, -0.1) is 0 Å². The minimum atomic E-state index is 0.621. The van der Waals surface area contributed by atoms with Crippen LogP contribution in [0.25, 0.3) is 0 Å². The number of piperidine rings is 1. The van der Waals surface area contributed by atoms with Crippen LogP contribution in [0.5, 0.6) is 0 Å². The quantitative estimate of drug-likeness (QED) is 0.819. The fourth-order valence-electron chi connectivity index (χ4n) is 2.00. The summed E-state index contributed by atoms with van der Waals surface area (Å²) in [5, 5.41) is 0. The molecule has 0 atom stereocenters. The largest absolute Gasteiger partial charge is 0.428 e. The van der Waals surface area contributed by atoms with Crippen LogP contribution in [0.4, 0.5) is 6.01 Å². The van der Waals surface area contributed by atoms with Gasteiger partial charge >= 0.3 is 0 Å². The lowest BCUT2D eigenvalue weighted by molar-refractivity contribution is 0.465. The van der Waals surface area contributed by atoms with Crippen molar-refractivity contribution in [2.24, 2.45) is 5.73 Å². The van der Waals surface area contributed by atoms with Gasteiger partial charge in [0.2, 0.25) is 0 Å². The predicted molar refractivity (Wildman–Crippen MR) is 60.1 cm³/mol. The lowest BCUT2D eigenvalue weighted by Gasteiger charge is -2.24. The maximum atomic E-state index is 5.73. The molecule has 1 aromatic heterocycles. The van der Waals surface area contributed by atoms with Crippen LogP contribution in [0.3, 0.4) is 0 Å². The summed E-state index contributed by atoms with van der Waals surface area (Å²) in [6.45, 7) is 4.75. The minimum Gasteiger partial charge on any atom is -0.428 e. The maximum absolute atomic E-state index is 5.73. The van der Waals surface area contributed by atoms with E-state index in [1.54, 1.807) is 0 Å². The Morgan fingerprint density at radius 2 is 2.07 bits per heavy atom. The molecule has 1 aromatic rings. The molecule has 0 unspecified atom stereocenters. The van der Waals surface area contributed by atoms with Crippen molar-refractivity contribution < 1.29 is 4.42 Å². The van der Waals surface area contributed by atoms with Crippen LogP contribution >= 0.6 is 0 Å². The summed E-state index contributed by atoms with van der Waals surface area (Å²) in [4.78, 5) is 6.69. The minimum absolute atomic E-state index is 0.621. The van der Waals surface area contributed by atoms with Gasteiger partial charge in [-0.3, -0.25) is 0 Å². The number of rotatable bonds is 3. The first kappa shape index (κ1) is 10.5. The second-order valence-electron chi connectivity index (χ2n) is 4.09. The Balaban J connectivity index is 2.10. The SMILES string of the molecule is Cc1nc(N2CCCCC2)oc1CCN. The van der Waals surface area contributed by atoms with Crippen molar-refractivity contribution in [3.63, 3.8) is 0 Å². The Morgan fingerprint density at radius 1 is 1.33 bits per heavy atom. The van der Waals surface area contributed by atoms with Crippen LogP contribution < -0.4 is 10.6 Å². The number of hydrogen-bond acceptors (Lipinski definition) is 4. The van der Waals surface area contributed by atoms with Gasteiger partial charge in [-0.25, -0.2) is 0 Å². The summed E-state index contributed by atoms with van der Waals surface area (Å²) >= 11 is 0. The lowest BCUT2D eigenvalue weighted by atomic mass is 10.1. The Hall–Kier alpha value is -1.03. The van der Waals surface area contributed by atoms with Gasteiger partial charge in [-0.1, -0.05) is 0 Å². The van der Waals surface area contributed by atoms with Crippen LogP contribution in [-0.2, 0) is 6.42 Å². The first-order valence-corrected chi connectivity index (χ1v) is 5.72. The molecule has 2 rings (SSSR count). The van der Waals surface area contributed by atoms with Crippen molar-refractivity contribution in [2.75, 3.05) is 24.5 Å². The maximum Gasteiger partial charge on any atom is 0.297 e. The van der Waals surface area contributed by atoms with Crippen molar-refractivity contribution in [2.45, 2.75) is 32.6 Å². The standard InChI is InChI=1S/C11H19N3O/c1-9-10(5-6-12)15-11(13-9)14-7-3-2-4-8-14/h2-8,12H2,1H3. The first-order valence-electron chi connectivity index (χ1n) is 5.72. The van der Waals surface area contributed by atoms with Gasteiger partial charge in [0.25, 0.3) is 6.01 Å². The summed E-state index contributed by atoms with van der Waals surface area (Å²) in [6.07, 6.45) is 4.60. The van der Waals surface area contributed by atoms with Gasteiger partial charge in [-0.05, 0) is 32.7 Å². The van der Waals surface area contributed by atoms with E-state index in [4.69, 9.17) is 10.2 Å². The molecule has 1 saturated heterocycles. The van der Waals surface area contributed by atoms with E-state index in [1.165, 1.54) is 19.3 Å².